The number of benzene rings is 2. The Morgan fingerprint density at radius 1 is 1.04 bits per heavy atom. The third-order valence-corrected chi connectivity index (χ3v) is 6.46. The normalized spacial score (nSPS) is 16.1. The first-order valence-corrected chi connectivity index (χ1v) is 9.98. The quantitative estimate of drug-likeness (QED) is 0.450. The number of fused-ring (bicyclic) bond motifs is 3. The van der Waals surface area contributed by atoms with Crippen LogP contribution in [0, 0.1) is 0 Å². The Morgan fingerprint density at radius 2 is 1.61 bits per heavy atom. The summed E-state index contributed by atoms with van der Waals surface area (Å²) in [5.74, 6) is 0.594. The summed E-state index contributed by atoms with van der Waals surface area (Å²) < 4.78 is 4.62. The molecular formula is C17H12N4W2. The summed E-state index contributed by atoms with van der Waals surface area (Å²) in [6.07, 6.45) is 2.15. The maximum atomic E-state index is 5.87. The van der Waals surface area contributed by atoms with Gasteiger partial charge in [-0.1, -0.05) is 0 Å². The first-order chi connectivity index (χ1) is 11.2. The molecule has 2 aromatic carbocycles. The molecular weight excluding hydrogens is 628 g/mol. The van der Waals surface area contributed by atoms with Crippen LogP contribution in [0.4, 0.5) is 0 Å². The SMILES string of the molecule is NC1=NN/C(=C/[C](=[W])n2c3ccccc3c3ccccc32)[C]1=[W]. The van der Waals surface area contributed by atoms with Crippen LogP contribution in [0.5, 0.6) is 0 Å². The van der Waals surface area contributed by atoms with Crippen molar-refractivity contribution in [3.8, 4) is 0 Å². The third-order valence-electron chi connectivity index (χ3n) is 3.84. The summed E-state index contributed by atoms with van der Waals surface area (Å²) in [5.41, 5.74) is 12.4. The van der Waals surface area contributed by atoms with E-state index in [1.807, 2.05) is 0 Å². The Balaban J connectivity index is 1.93. The van der Waals surface area contributed by atoms with Gasteiger partial charge in [0.15, 0.2) is 0 Å². The summed E-state index contributed by atoms with van der Waals surface area (Å²) in [5, 5.41) is 6.66. The first-order valence-electron chi connectivity index (χ1n) is 7.05. The van der Waals surface area contributed by atoms with Crippen molar-refractivity contribution in [2.24, 2.45) is 10.8 Å². The molecule has 0 bridgehead atoms. The van der Waals surface area contributed by atoms with Crippen molar-refractivity contribution in [3.63, 3.8) is 0 Å². The van der Waals surface area contributed by atoms with E-state index >= 15 is 0 Å². The van der Waals surface area contributed by atoms with Gasteiger partial charge in [0, 0.05) is 0 Å². The molecule has 23 heavy (non-hydrogen) atoms. The van der Waals surface area contributed by atoms with Crippen molar-refractivity contribution in [1.29, 1.82) is 0 Å². The van der Waals surface area contributed by atoms with Crippen LogP contribution in [-0.2, 0) is 38.7 Å². The zero-order valence-corrected chi connectivity index (χ0v) is 17.9. The van der Waals surface area contributed by atoms with Gasteiger partial charge in [-0.25, -0.2) is 0 Å². The van der Waals surface area contributed by atoms with Gasteiger partial charge < -0.3 is 0 Å². The number of para-hydroxylation sites is 2. The maximum absolute atomic E-state index is 5.87. The number of amidine groups is 1. The average Bonchev–Trinajstić information content (AvgIpc) is 3.07. The third kappa shape index (κ3) is 2.41. The van der Waals surface area contributed by atoms with Crippen molar-refractivity contribution < 1.29 is 38.7 Å². The number of hydrazone groups is 1. The van der Waals surface area contributed by atoms with Crippen molar-refractivity contribution >= 4 is 35.6 Å². The standard InChI is InChI=1S/C17H12N4.2W/c18-17-11-12(19-20-17)9-10-21-15-7-3-1-5-13(15)14-6-2-4-8-16(14)21;;/h1-9,19H,(H2,18,20);;/b12-9+;;. The van der Waals surface area contributed by atoms with Crippen LogP contribution in [0.25, 0.3) is 21.8 Å². The number of nitrogens with zero attached hydrogens (tertiary/aromatic N) is 2. The van der Waals surface area contributed by atoms with Gasteiger partial charge in [-0.2, -0.15) is 0 Å². The Morgan fingerprint density at radius 3 is 2.13 bits per heavy atom. The summed E-state index contributed by atoms with van der Waals surface area (Å²) in [4.78, 5) is 0. The molecule has 0 fully saturated rings. The fraction of sp³-hybridized carbons (Fsp3) is 0. The fourth-order valence-corrected chi connectivity index (χ4v) is 4.48. The van der Waals surface area contributed by atoms with Gasteiger partial charge in [-0.3, -0.25) is 0 Å². The number of nitrogens with two attached hydrogens (primary N) is 1. The Labute approximate surface area is 154 Å². The topological polar surface area (TPSA) is 55.3 Å². The summed E-state index contributed by atoms with van der Waals surface area (Å²) >= 11 is 2.72. The molecule has 112 valence electrons. The van der Waals surface area contributed by atoms with Crippen LogP contribution in [0.2, 0.25) is 0 Å². The van der Waals surface area contributed by atoms with Crippen LogP contribution in [0.15, 0.2) is 65.4 Å². The molecule has 6 heteroatoms. The molecule has 0 atom stereocenters. The second-order valence-corrected chi connectivity index (χ2v) is 8.17. The van der Waals surface area contributed by atoms with E-state index in [4.69, 9.17) is 5.73 Å². The van der Waals surface area contributed by atoms with Crippen LogP contribution in [-0.4, -0.2) is 18.3 Å². The van der Waals surface area contributed by atoms with E-state index < -0.39 is 0 Å². The van der Waals surface area contributed by atoms with Crippen molar-refractivity contribution in [1.82, 2.24) is 9.99 Å². The van der Waals surface area contributed by atoms with E-state index in [0.717, 1.165) is 9.59 Å². The monoisotopic (exact) mass is 640 g/mol. The predicted octanol–water partition coefficient (Wildman–Crippen LogP) is 1.80. The molecule has 1 aromatic heterocycles. The molecule has 3 aromatic rings. The molecule has 4 rings (SSSR count). The van der Waals surface area contributed by atoms with E-state index in [2.05, 4.69) is 69.7 Å². The number of hydrogen-bond donors (Lipinski definition) is 2. The number of allylic oxidation sites excluding steroid dienone is 1. The molecule has 4 nitrogen and oxygen atoms in total. The Bertz CT molecular complexity index is 990. The number of nitrogens with one attached hydrogen (secondary N) is 1. The molecule has 0 unspecified atom stereocenters. The van der Waals surface area contributed by atoms with Crippen LogP contribution >= 0.6 is 0 Å². The second-order valence-electron chi connectivity index (χ2n) is 5.20. The molecule has 0 radical (unpaired) electrons. The minimum absolute atomic E-state index is 0.594. The summed E-state index contributed by atoms with van der Waals surface area (Å²) in [6.45, 7) is 0. The van der Waals surface area contributed by atoms with Gasteiger partial charge in [0.1, 0.15) is 0 Å². The van der Waals surface area contributed by atoms with Gasteiger partial charge in [-0.05, 0) is 0 Å². The summed E-state index contributed by atoms with van der Waals surface area (Å²) in [7, 11) is 0. The van der Waals surface area contributed by atoms with Gasteiger partial charge in [-0.15, -0.1) is 0 Å². The van der Waals surface area contributed by atoms with E-state index in [-0.39, 0.29) is 0 Å². The van der Waals surface area contributed by atoms with Crippen molar-refractivity contribution in [2.75, 3.05) is 0 Å². The molecule has 2 heterocycles. The average molecular weight is 640 g/mol. The number of rotatable bonds is 2. The molecule has 0 spiro atoms. The molecule has 1 aliphatic rings. The van der Waals surface area contributed by atoms with Crippen LogP contribution < -0.4 is 11.2 Å². The van der Waals surface area contributed by atoms with Gasteiger partial charge in [0.05, 0.1) is 0 Å². The number of hydrogen-bond acceptors (Lipinski definition) is 3. The van der Waals surface area contributed by atoms with E-state index in [1.54, 1.807) is 0 Å². The fourth-order valence-electron chi connectivity index (χ4n) is 2.81. The van der Waals surface area contributed by atoms with Crippen LogP contribution in [0.3, 0.4) is 0 Å². The van der Waals surface area contributed by atoms with E-state index in [0.29, 0.717) is 5.84 Å². The predicted molar refractivity (Wildman–Crippen MR) is 87.7 cm³/mol. The Kier molecular flexibility index (Phi) is 3.75. The van der Waals surface area contributed by atoms with Gasteiger partial charge >= 0.3 is 155 Å². The van der Waals surface area contributed by atoms with Gasteiger partial charge in [0.2, 0.25) is 0 Å². The van der Waals surface area contributed by atoms with E-state index in [1.165, 1.54) is 64.5 Å². The van der Waals surface area contributed by atoms with E-state index in [9.17, 15) is 0 Å². The molecule has 3 N–H and O–H groups in total. The molecule has 0 aliphatic carbocycles. The second kappa shape index (κ2) is 5.78. The molecule has 0 amide bonds. The summed E-state index contributed by atoms with van der Waals surface area (Å²) in [6, 6.07) is 17.1. The molecule has 0 saturated heterocycles. The van der Waals surface area contributed by atoms with Gasteiger partial charge in [0.25, 0.3) is 0 Å². The molecule has 1 aliphatic heterocycles. The van der Waals surface area contributed by atoms with Crippen LogP contribution in [0.1, 0.15) is 0 Å². The zero-order chi connectivity index (χ0) is 16.0. The minimum atomic E-state index is 0.594. The van der Waals surface area contributed by atoms with Crippen molar-refractivity contribution in [2.45, 2.75) is 0 Å². The first kappa shape index (κ1) is 14.9. The van der Waals surface area contributed by atoms with Crippen molar-refractivity contribution in [3.05, 3.63) is 60.3 Å². The zero-order valence-electron chi connectivity index (χ0n) is 12.0. The molecule has 0 saturated carbocycles. The Hall–Kier alpha value is -1.63. The number of aromatic nitrogens is 1.